The Morgan fingerprint density at radius 2 is 1.94 bits per heavy atom. The second kappa shape index (κ2) is 7.36. The fourth-order valence-electron chi connectivity index (χ4n) is 1.61. The second-order valence-electron chi connectivity index (χ2n) is 3.85. The molecule has 0 spiro atoms. The molecule has 1 rings (SSSR count). The predicted octanol–water partition coefficient (Wildman–Crippen LogP) is 3.10. The van der Waals surface area contributed by atoms with Crippen LogP contribution in [0, 0.1) is 0 Å². The summed E-state index contributed by atoms with van der Waals surface area (Å²) in [4.78, 5) is 0. The first-order chi connectivity index (χ1) is 7.15. The van der Waals surface area contributed by atoms with E-state index in [0.717, 1.165) is 25.7 Å². The lowest BCUT2D eigenvalue weighted by Crippen LogP contribution is -2.10. The van der Waals surface area contributed by atoms with Gasteiger partial charge < -0.3 is 15.9 Å². The minimum absolute atomic E-state index is 0. The van der Waals surface area contributed by atoms with Crippen LogP contribution in [0.5, 0.6) is 11.5 Å². The average molecular weight is 246 g/mol. The highest BCUT2D eigenvalue weighted by Gasteiger charge is 2.11. The van der Waals surface area contributed by atoms with Crippen molar-refractivity contribution in [2.75, 3.05) is 0 Å². The lowest BCUT2D eigenvalue weighted by molar-refractivity contribution is 0.443. The van der Waals surface area contributed by atoms with Gasteiger partial charge in [0.1, 0.15) is 11.5 Å². The molecule has 16 heavy (non-hydrogen) atoms. The Morgan fingerprint density at radius 3 is 2.56 bits per heavy atom. The molecule has 0 saturated heterocycles. The number of nitrogens with two attached hydrogens (primary N) is 1. The molecule has 4 N–H and O–H groups in total. The molecule has 0 aliphatic heterocycles. The van der Waals surface area contributed by atoms with E-state index in [-0.39, 0.29) is 29.9 Å². The van der Waals surface area contributed by atoms with Crippen LogP contribution in [0.15, 0.2) is 18.2 Å². The number of phenols is 2. The number of phenolic OH excluding ortho intramolecular Hbond substituents is 2. The van der Waals surface area contributed by atoms with Crippen LogP contribution in [0.4, 0.5) is 0 Å². The van der Waals surface area contributed by atoms with E-state index >= 15 is 0 Å². The summed E-state index contributed by atoms with van der Waals surface area (Å²) in [7, 11) is 0. The first-order valence-corrected chi connectivity index (χ1v) is 5.42. The van der Waals surface area contributed by atoms with E-state index in [1.54, 1.807) is 0 Å². The second-order valence-corrected chi connectivity index (χ2v) is 3.85. The van der Waals surface area contributed by atoms with Gasteiger partial charge in [-0.15, -0.1) is 12.4 Å². The van der Waals surface area contributed by atoms with Gasteiger partial charge in [-0.05, 0) is 24.6 Å². The molecular weight excluding hydrogens is 226 g/mol. The van der Waals surface area contributed by atoms with Crippen molar-refractivity contribution in [2.45, 2.75) is 38.6 Å². The van der Waals surface area contributed by atoms with Gasteiger partial charge in [-0.1, -0.05) is 26.2 Å². The molecule has 4 heteroatoms. The summed E-state index contributed by atoms with van der Waals surface area (Å²) >= 11 is 0. The zero-order valence-electron chi connectivity index (χ0n) is 9.52. The largest absolute Gasteiger partial charge is 0.508 e. The Kier molecular flexibility index (Phi) is 6.93. The molecule has 1 atom stereocenters. The third kappa shape index (κ3) is 4.29. The molecule has 92 valence electrons. The molecule has 0 aliphatic rings. The third-order valence-electron chi connectivity index (χ3n) is 2.53. The SMILES string of the molecule is CCCCC[C@H](N)c1cc(O)ccc1O.Cl. The van der Waals surface area contributed by atoms with Crippen LogP contribution in [-0.4, -0.2) is 10.2 Å². The van der Waals surface area contributed by atoms with Crippen molar-refractivity contribution in [3.8, 4) is 11.5 Å². The van der Waals surface area contributed by atoms with Gasteiger partial charge in [0.25, 0.3) is 0 Å². The Labute approximate surface area is 103 Å². The van der Waals surface area contributed by atoms with E-state index in [0.29, 0.717) is 5.56 Å². The van der Waals surface area contributed by atoms with E-state index in [1.807, 2.05) is 0 Å². The average Bonchev–Trinajstić information content (AvgIpc) is 2.22. The minimum atomic E-state index is -0.191. The Hall–Kier alpha value is -0.930. The van der Waals surface area contributed by atoms with Gasteiger partial charge >= 0.3 is 0 Å². The first-order valence-electron chi connectivity index (χ1n) is 5.42. The molecular formula is C12H20ClNO2. The third-order valence-corrected chi connectivity index (χ3v) is 2.53. The van der Waals surface area contributed by atoms with Gasteiger partial charge in [0.2, 0.25) is 0 Å². The molecule has 0 aliphatic carbocycles. The number of hydrogen-bond donors (Lipinski definition) is 3. The van der Waals surface area contributed by atoms with Crippen molar-refractivity contribution in [3.05, 3.63) is 23.8 Å². The minimum Gasteiger partial charge on any atom is -0.508 e. The van der Waals surface area contributed by atoms with Crippen LogP contribution >= 0.6 is 12.4 Å². The summed E-state index contributed by atoms with van der Waals surface area (Å²) in [5, 5.41) is 18.9. The van der Waals surface area contributed by atoms with Crippen molar-refractivity contribution in [2.24, 2.45) is 5.73 Å². The molecule has 0 unspecified atom stereocenters. The molecule has 1 aromatic rings. The van der Waals surface area contributed by atoms with Crippen molar-refractivity contribution in [1.29, 1.82) is 0 Å². The fourth-order valence-corrected chi connectivity index (χ4v) is 1.61. The van der Waals surface area contributed by atoms with Crippen molar-refractivity contribution in [1.82, 2.24) is 0 Å². The number of hydrogen-bond acceptors (Lipinski definition) is 3. The van der Waals surface area contributed by atoms with Gasteiger partial charge in [-0.2, -0.15) is 0 Å². The zero-order valence-corrected chi connectivity index (χ0v) is 10.3. The standard InChI is InChI=1S/C12H19NO2.ClH/c1-2-3-4-5-11(13)10-8-9(14)6-7-12(10)15;/h6-8,11,14-15H,2-5,13H2,1H3;1H/t11-;/m0./s1. The number of halogens is 1. The molecule has 0 saturated carbocycles. The quantitative estimate of drug-likeness (QED) is 0.552. The summed E-state index contributed by atoms with van der Waals surface area (Å²) in [6.45, 7) is 2.14. The predicted molar refractivity (Wildman–Crippen MR) is 68.1 cm³/mol. The highest BCUT2D eigenvalue weighted by Crippen LogP contribution is 2.29. The highest BCUT2D eigenvalue weighted by atomic mass is 35.5. The van der Waals surface area contributed by atoms with Crippen molar-refractivity contribution >= 4 is 12.4 Å². The Morgan fingerprint density at radius 1 is 1.25 bits per heavy atom. The molecule has 0 aromatic heterocycles. The normalized spacial score (nSPS) is 11.9. The lowest BCUT2D eigenvalue weighted by Gasteiger charge is -2.13. The van der Waals surface area contributed by atoms with Crippen LogP contribution in [0.25, 0.3) is 0 Å². The topological polar surface area (TPSA) is 66.5 Å². The summed E-state index contributed by atoms with van der Waals surface area (Å²) in [5.74, 6) is 0.311. The van der Waals surface area contributed by atoms with Crippen LogP contribution in [0.2, 0.25) is 0 Å². The highest BCUT2D eigenvalue weighted by molar-refractivity contribution is 5.85. The number of unbranched alkanes of at least 4 members (excludes halogenated alkanes) is 2. The smallest absolute Gasteiger partial charge is 0.120 e. The maximum Gasteiger partial charge on any atom is 0.120 e. The molecule has 3 nitrogen and oxygen atoms in total. The van der Waals surface area contributed by atoms with E-state index in [1.165, 1.54) is 18.2 Å². The molecule has 0 fully saturated rings. The molecule has 1 aromatic carbocycles. The lowest BCUT2D eigenvalue weighted by atomic mass is 10.0. The van der Waals surface area contributed by atoms with E-state index < -0.39 is 0 Å². The Balaban J connectivity index is 0.00000225. The maximum absolute atomic E-state index is 9.57. The number of benzene rings is 1. The molecule has 0 bridgehead atoms. The maximum atomic E-state index is 9.57. The zero-order chi connectivity index (χ0) is 11.3. The van der Waals surface area contributed by atoms with Gasteiger partial charge in [-0.3, -0.25) is 0 Å². The summed E-state index contributed by atoms with van der Waals surface area (Å²) in [6, 6.07) is 4.28. The molecule has 0 radical (unpaired) electrons. The van der Waals surface area contributed by atoms with E-state index in [4.69, 9.17) is 5.73 Å². The summed E-state index contributed by atoms with van der Waals surface area (Å²) < 4.78 is 0. The van der Waals surface area contributed by atoms with Gasteiger partial charge in [0.15, 0.2) is 0 Å². The Bertz CT molecular complexity index is 318. The number of aromatic hydroxyl groups is 2. The van der Waals surface area contributed by atoms with E-state index in [2.05, 4.69) is 6.92 Å². The van der Waals surface area contributed by atoms with Crippen LogP contribution in [-0.2, 0) is 0 Å². The van der Waals surface area contributed by atoms with Gasteiger partial charge in [0, 0.05) is 11.6 Å². The van der Waals surface area contributed by atoms with Crippen molar-refractivity contribution < 1.29 is 10.2 Å². The van der Waals surface area contributed by atoms with Gasteiger partial charge in [0.05, 0.1) is 0 Å². The van der Waals surface area contributed by atoms with Crippen molar-refractivity contribution in [3.63, 3.8) is 0 Å². The van der Waals surface area contributed by atoms with Crippen LogP contribution < -0.4 is 5.73 Å². The number of rotatable bonds is 5. The summed E-state index contributed by atoms with van der Waals surface area (Å²) in [5.41, 5.74) is 6.57. The van der Waals surface area contributed by atoms with Gasteiger partial charge in [-0.25, -0.2) is 0 Å². The van der Waals surface area contributed by atoms with Crippen LogP contribution in [0.1, 0.15) is 44.2 Å². The van der Waals surface area contributed by atoms with Crippen LogP contribution in [0.3, 0.4) is 0 Å². The van der Waals surface area contributed by atoms with E-state index in [9.17, 15) is 10.2 Å². The molecule has 0 amide bonds. The summed E-state index contributed by atoms with van der Waals surface area (Å²) in [6.07, 6.45) is 4.18. The fraction of sp³-hybridized carbons (Fsp3) is 0.500. The first kappa shape index (κ1) is 15.1. The molecule has 0 heterocycles. The monoisotopic (exact) mass is 245 g/mol.